The standard InChI is InChI=1S/C30H54N/c1-3-5-6-7-8-9-10-11-12-13-14-15-16-17-21-26-31(27-22-23-28-31)30(4-2)29-24-19-18-20-25-29/h18-20,24-25,30H,3-17,21-23,26-28H2,1-2H3/q+1. The molecule has 0 spiro atoms. The van der Waals surface area contributed by atoms with Crippen molar-refractivity contribution in [2.75, 3.05) is 19.6 Å². The molecular formula is C30H54N+. The molecule has 1 aliphatic rings. The third kappa shape index (κ3) is 10.1. The Kier molecular flexibility index (Phi) is 14.3. The summed E-state index contributed by atoms with van der Waals surface area (Å²) in [6.45, 7) is 8.94. The molecule has 1 aliphatic heterocycles. The first-order valence-electron chi connectivity index (χ1n) is 14.2. The van der Waals surface area contributed by atoms with Crippen molar-refractivity contribution < 1.29 is 4.48 Å². The average molecular weight is 429 g/mol. The maximum absolute atomic E-state index is 2.41. The lowest BCUT2D eigenvalue weighted by atomic mass is 9.99. The van der Waals surface area contributed by atoms with Crippen molar-refractivity contribution >= 4 is 0 Å². The quantitative estimate of drug-likeness (QED) is 0.152. The minimum absolute atomic E-state index is 0.718. The van der Waals surface area contributed by atoms with E-state index < -0.39 is 0 Å². The van der Waals surface area contributed by atoms with Crippen LogP contribution >= 0.6 is 0 Å². The average Bonchev–Trinajstić information content (AvgIpc) is 3.27. The fraction of sp³-hybridized carbons (Fsp3) is 0.800. The van der Waals surface area contributed by atoms with Gasteiger partial charge in [-0.3, -0.25) is 0 Å². The number of likely N-dealkylation sites (tertiary alicyclic amines) is 1. The Morgan fingerprint density at radius 3 is 1.52 bits per heavy atom. The lowest BCUT2D eigenvalue weighted by Crippen LogP contribution is -2.48. The molecule has 0 saturated carbocycles. The topological polar surface area (TPSA) is 0 Å². The Balaban J connectivity index is 1.51. The van der Waals surface area contributed by atoms with Gasteiger partial charge in [0.15, 0.2) is 0 Å². The van der Waals surface area contributed by atoms with Gasteiger partial charge in [0.1, 0.15) is 6.04 Å². The second kappa shape index (κ2) is 16.8. The molecular weight excluding hydrogens is 374 g/mol. The highest BCUT2D eigenvalue weighted by Crippen LogP contribution is 2.36. The van der Waals surface area contributed by atoms with Crippen molar-refractivity contribution in [3.05, 3.63) is 35.9 Å². The lowest BCUT2D eigenvalue weighted by Gasteiger charge is -2.42. The van der Waals surface area contributed by atoms with Crippen LogP contribution in [-0.4, -0.2) is 24.1 Å². The fourth-order valence-electron chi connectivity index (χ4n) is 6.07. The molecule has 1 nitrogen and oxygen atoms in total. The zero-order valence-corrected chi connectivity index (χ0v) is 21.3. The van der Waals surface area contributed by atoms with Crippen molar-refractivity contribution in [3.8, 4) is 0 Å². The van der Waals surface area contributed by atoms with Crippen LogP contribution in [0.3, 0.4) is 0 Å². The van der Waals surface area contributed by atoms with Crippen molar-refractivity contribution in [2.24, 2.45) is 0 Å². The minimum Gasteiger partial charge on any atom is -0.317 e. The number of hydrogen-bond donors (Lipinski definition) is 0. The minimum atomic E-state index is 0.718. The number of unbranched alkanes of at least 4 members (excludes halogenated alkanes) is 14. The van der Waals surface area contributed by atoms with Crippen LogP contribution in [0.1, 0.15) is 141 Å². The SMILES string of the molecule is CCCCCCCCCCCCCCCCC[N+]1(C(CC)c2ccccc2)CCCC1. The van der Waals surface area contributed by atoms with Gasteiger partial charge in [0, 0.05) is 24.8 Å². The summed E-state index contributed by atoms with van der Waals surface area (Å²) in [6.07, 6.45) is 26.0. The van der Waals surface area contributed by atoms with E-state index in [1.807, 2.05) is 0 Å². The number of quaternary nitrogens is 1. The Labute approximate surface area is 195 Å². The van der Waals surface area contributed by atoms with Crippen LogP contribution in [0.5, 0.6) is 0 Å². The van der Waals surface area contributed by atoms with Crippen LogP contribution in [0, 0.1) is 0 Å². The molecule has 1 unspecified atom stereocenters. The molecule has 1 saturated heterocycles. The molecule has 1 aromatic carbocycles. The van der Waals surface area contributed by atoms with E-state index in [0.29, 0.717) is 0 Å². The second-order valence-corrected chi connectivity index (χ2v) is 10.4. The molecule has 0 bridgehead atoms. The third-order valence-corrected chi connectivity index (χ3v) is 7.90. The van der Waals surface area contributed by atoms with E-state index in [2.05, 4.69) is 44.2 Å². The largest absolute Gasteiger partial charge is 0.317 e. The van der Waals surface area contributed by atoms with Gasteiger partial charge in [-0.25, -0.2) is 0 Å². The van der Waals surface area contributed by atoms with Gasteiger partial charge in [0.05, 0.1) is 19.6 Å². The molecule has 31 heavy (non-hydrogen) atoms. The van der Waals surface area contributed by atoms with E-state index >= 15 is 0 Å². The Morgan fingerprint density at radius 1 is 0.613 bits per heavy atom. The zero-order chi connectivity index (χ0) is 22.0. The monoisotopic (exact) mass is 428 g/mol. The summed E-state index contributed by atoms with van der Waals surface area (Å²) in [4.78, 5) is 0. The van der Waals surface area contributed by atoms with Crippen molar-refractivity contribution in [1.29, 1.82) is 0 Å². The van der Waals surface area contributed by atoms with E-state index in [1.54, 1.807) is 5.56 Å². The van der Waals surface area contributed by atoms with Crippen LogP contribution in [0.15, 0.2) is 30.3 Å². The highest BCUT2D eigenvalue weighted by Gasteiger charge is 2.39. The molecule has 1 heterocycles. The predicted molar refractivity (Wildman–Crippen MR) is 138 cm³/mol. The van der Waals surface area contributed by atoms with Crippen molar-refractivity contribution in [1.82, 2.24) is 0 Å². The molecule has 0 amide bonds. The van der Waals surface area contributed by atoms with Gasteiger partial charge in [-0.1, -0.05) is 128 Å². The first-order valence-corrected chi connectivity index (χ1v) is 14.2. The van der Waals surface area contributed by atoms with Gasteiger partial charge in [0.25, 0.3) is 0 Å². The number of nitrogens with zero attached hydrogens (tertiary/aromatic N) is 1. The molecule has 1 atom stereocenters. The maximum Gasteiger partial charge on any atom is 0.114 e. The van der Waals surface area contributed by atoms with E-state index in [4.69, 9.17) is 0 Å². The molecule has 0 N–H and O–H groups in total. The van der Waals surface area contributed by atoms with Gasteiger partial charge in [0.2, 0.25) is 0 Å². The molecule has 2 rings (SSSR count). The summed E-state index contributed by atoms with van der Waals surface area (Å²) in [5.74, 6) is 0. The smallest absolute Gasteiger partial charge is 0.114 e. The lowest BCUT2D eigenvalue weighted by molar-refractivity contribution is -0.946. The van der Waals surface area contributed by atoms with Crippen LogP contribution in [0.2, 0.25) is 0 Å². The van der Waals surface area contributed by atoms with E-state index in [0.717, 1.165) is 6.04 Å². The predicted octanol–water partition coefficient (Wildman–Crippen LogP) is 9.62. The molecule has 1 fully saturated rings. The Hall–Kier alpha value is -0.820. The van der Waals surface area contributed by atoms with Crippen LogP contribution < -0.4 is 0 Å². The summed E-state index contributed by atoms with van der Waals surface area (Å²) >= 11 is 0. The molecule has 0 aromatic heterocycles. The molecule has 0 radical (unpaired) electrons. The normalized spacial score (nSPS) is 16.6. The first kappa shape index (κ1) is 26.4. The Bertz CT molecular complexity index is 516. The second-order valence-electron chi connectivity index (χ2n) is 10.4. The zero-order valence-electron chi connectivity index (χ0n) is 21.3. The van der Waals surface area contributed by atoms with E-state index in [1.165, 1.54) is 140 Å². The number of rotatable bonds is 19. The van der Waals surface area contributed by atoms with Crippen molar-refractivity contribution in [3.63, 3.8) is 0 Å². The summed E-state index contributed by atoms with van der Waals surface area (Å²) in [6, 6.07) is 12.1. The van der Waals surface area contributed by atoms with E-state index in [9.17, 15) is 0 Å². The molecule has 0 aliphatic carbocycles. The van der Waals surface area contributed by atoms with Gasteiger partial charge < -0.3 is 4.48 Å². The number of hydrogen-bond acceptors (Lipinski definition) is 0. The molecule has 178 valence electrons. The first-order chi connectivity index (χ1) is 15.3. The van der Waals surface area contributed by atoms with Crippen molar-refractivity contribution in [2.45, 2.75) is 135 Å². The van der Waals surface area contributed by atoms with Gasteiger partial charge in [-0.2, -0.15) is 0 Å². The summed E-state index contributed by atoms with van der Waals surface area (Å²) in [5.41, 5.74) is 1.58. The maximum atomic E-state index is 2.41. The highest BCUT2D eigenvalue weighted by molar-refractivity contribution is 5.17. The van der Waals surface area contributed by atoms with Crippen LogP contribution in [-0.2, 0) is 0 Å². The van der Waals surface area contributed by atoms with Gasteiger partial charge in [-0.15, -0.1) is 0 Å². The van der Waals surface area contributed by atoms with E-state index in [-0.39, 0.29) is 0 Å². The Morgan fingerprint density at radius 2 is 1.06 bits per heavy atom. The highest BCUT2D eigenvalue weighted by atomic mass is 15.4. The van der Waals surface area contributed by atoms with Crippen LogP contribution in [0.25, 0.3) is 0 Å². The molecule has 1 heteroatoms. The summed E-state index contributed by atoms with van der Waals surface area (Å²) in [5, 5.41) is 0. The number of benzene rings is 1. The van der Waals surface area contributed by atoms with Crippen LogP contribution in [0.4, 0.5) is 0 Å². The third-order valence-electron chi connectivity index (χ3n) is 7.90. The fourth-order valence-corrected chi connectivity index (χ4v) is 6.07. The van der Waals surface area contributed by atoms with Gasteiger partial charge in [-0.05, 0) is 12.8 Å². The summed E-state index contributed by atoms with van der Waals surface area (Å²) in [7, 11) is 0. The molecule has 1 aromatic rings. The van der Waals surface area contributed by atoms with Gasteiger partial charge >= 0.3 is 0 Å². The summed E-state index contributed by atoms with van der Waals surface area (Å²) < 4.78 is 1.37.